The molecular formula is C15H19NO3. The van der Waals surface area contributed by atoms with Crippen LogP contribution in [0.3, 0.4) is 0 Å². The minimum Gasteiger partial charge on any atom is -0.486 e. The van der Waals surface area contributed by atoms with Crippen LogP contribution < -0.4 is 15.2 Å². The predicted molar refractivity (Wildman–Crippen MR) is 70.4 cm³/mol. The maximum Gasteiger partial charge on any atom is 0.161 e. The lowest BCUT2D eigenvalue weighted by molar-refractivity contribution is 0.0884. The fourth-order valence-corrected chi connectivity index (χ4v) is 3.57. The van der Waals surface area contributed by atoms with Gasteiger partial charge in [0, 0.05) is 12.0 Å². The molecule has 19 heavy (non-hydrogen) atoms. The molecular weight excluding hydrogens is 242 g/mol. The third kappa shape index (κ3) is 1.90. The Morgan fingerprint density at radius 2 is 1.95 bits per heavy atom. The van der Waals surface area contributed by atoms with Crippen LogP contribution in [0.15, 0.2) is 18.2 Å². The third-order valence-electron chi connectivity index (χ3n) is 4.57. The van der Waals surface area contributed by atoms with Crippen LogP contribution in [0.2, 0.25) is 0 Å². The van der Waals surface area contributed by atoms with Crippen molar-refractivity contribution in [3.05, 3.63) is 23.8 Å². The van der Waals surface area contributed by atoms with E-state index in [1.807, 2.05) is 12.1 Å². The highest BCUT2D eigenvalue weighted by atomic mass is 16.6. The number of hydrogen-bond donors (Lipinski definition) is 1. The topological polar surface area (TPSA) is 53.7 Å². The molecule has 4 nitrogen and oxygen atoms in total. The summed E-state index contributed by atoms with van der Waals surface area (Å²) < 4.78 is 17.1. The molecule has 3 aliphatic rings. The lowest BCUT2D eigenvalue weighted by Crippen LogP contribution is -2.29. The van der Waals surface area contributed by atoms with Crippen molar-refractivity contribution in [1.82, 2.24) is 0 Å². The zero-order valence-electron chi connectivity index (χ0n) is 10.9. The Kier molecular flexibility index (Phi) is 2.67. The van der Waals surface area contributed by atoms with Gasteiger partial charge in [-0.3, -0.25) is 0 Å². The largest absolute Gasteiger partial charge is 0.486 e. The van der Waals surface area contributed by atoms with E-state index in [2.05, 4.69) is 6.07 Å². The second-order valence-electron chi connectivity index (χ2n) is 5.70. The lowest BCUT2D eigenvalue weighted by Gasteiger charge is -2.27. The van der Waals surface area contributed by atoms with Gasteiger partial charge in [0.15, 0.2) is 11.5 Å². The Balaban J connectivity index is 1.58. The first-order valence-corrected chi connectivity index (χ1v) is 7.12. The van der Waals surface area contributed by atoms with Crippen molar-refractivity contribution in [2.45, 2.75) is 37.5 Å². The van der Waals surface area contributed by atoms with Crippen LogP contribution in [-0.2, 0) is 4.74 Å². The number of nitrogens with two attached hydrogens (primary N) is 1. The molecule has 0 saturated carbocycles. The summed E-state index contributed by atoms with van der Waals surface area (Å²) in [6.45, 7) is 1.24. The summed E-state index contributed by atoms with van der Waals surface area (Å²) in [5, 5.41) is 0. The molecule has 2 fully saturated rings. The van der Waals surface area contributed by atoms with Gasteiger partial charge in [0.05, 0.1) is 12.2 Å². The molecule has 4 heteroatoms. The van der Waals surface area contributed by atoms with Gasteiger partial charge in [-0.2, -0.15) is 0 Å². The fraction of sp³-hybridized carbons (Fsp3) is 0.600. The van der Waals surface area contributed by atoms with Crippen LogP contribution in [0, 0.1) is 5.92 Å². The maximum atomic E-state index is 6.44. The Morgan fingerprint density at radius 1 is 1.11 bits per heavy atom. The Hall–Kier alpha value is -1.26. The van der Waals surface area contributed by atoms with Crippen molar-refractivity contribution in [2.24, 2.45) is 11.7 Å². The van der Waals surface area contributed by atoms with Crippen molar-refractivity contribution in [3.8, 4) is 11.5 Å². The number of benzene rings is 1. The molecule has 1 aromatic rings. The van der Waals surface area contributed by atoms with Gasteiger partial charge < -0.3 is 19.9 Å². The SMILES string of the molecule is NC(c1ccc2c(c1)OCCO2)C1CC2CCC1O2. The van der Waals surface area contributed by atoms with Crippen molar-refractivity contribution in [1.29, 1.82) is 0 Å². The molecule has 2 N–H and O–H groups in total. The molecule has 1 aromatic carbocycles. The molecule has 0 radical (unpaired) electrons. The van der Waals surface area contributed by atoms with Crippen LogP contribution in [0.4, 0.5) is 0 Å². The van der Waals surface area contributed by atoms with E-state index in [0.717, 1.165) is 29.9 Å². The van der Waals surface area contributed by atoms with Crippen LogP contribution in [0.25, 0.3) is 0 Å². The first-order chi connectivity index (χ1) is 9.31. The summed E-state index contributed by atoms with van der Waals surface area (Å²) in [5.74, 6) is 2.09. The molecule has 2 bridgehead atoms. The van der Waals surface area contributed by atoms with Crippen LogP contribution in [0.5, 0.6) is 11.5 Å². The number of fused-ring (bicyclic) bond motifs is 3. The second-order valence-corrected chi connectivity index (χ2v) is 5.70. The number of ether oxygens (including phenoxy) is 3. The number of rotatable bonds is 2. The molecule has 4 atom stereocenters. The average molecular weight is 261 g/mol. The molecule has 0 spiro atoms. The Morgan fingerprint density at radius 3 is 2.68 bits per heavy atom. The van der Waals surface area contributed by atoms with Crippen LogP contribution in [-0.4, -0.2) is 25.4 Å². The zero-order valence-corrected chi connectivity index (χ0v) is 10.9. The predicted octanol–water partition coefficient (Wildman–Crippen LogP) is 2.03. The minimum atomic E-state index is 0.0335. The summed E-state index contributed by atoms with van der Waals surface area (Å²) in [6, 6.07) is 6.10. The van der Waals surface area contributed by atoms with Gasteiger partial charge in [0.25, 0.3) is 0 Å². The maximum absolute atomic E-state index is 6.44. The summed E-state index contributed by atoms with van der Waals surface area (Å²) in [7, 11) is 0. The Bertz CT molecular complexity index is 490. The summed E-state index contributed by atoms with van der Waals surface area (Å²) in [4.78, 5) is 0. The highest BCUT2D eigenvalue weighted by Gasteiger charge is 2.43. The van der Waals surface area contributed by atoms with Gasteiger partial charge in [-0.15, -0.1) is 0 Å². The van der Waals surface area contributed by atoms with E-state index in [1.54, 1.807) is 0 Å². The van der Waals surface area contributed by atoms with Gasteiger partial charge in [-0.05, 0) is 37.0 Å². The molecule has 0 aromatic heterocycles. The van der Waals surface area contributed by atoms with Gasteiger partial charge in [0.2, 0.25) is 0 Å². The molecule has 4 unspecified atom stereocenters. The van der Waals surface area contributed by atoms with Gasteiger partial charge >= 0.3 is 0 Å². The van der Waals surface area contributed by atoms with Crippen LogP contribution >= 0.6 is 0 Å². The summed E-state index contributed by atoms with van der Waals surface area (Å²) in [6.07, 6.45) is 4.26. The molecule has 3 aliphatic heterocycles. The lowest BCUT2D eigenvalue weighted by atomic mass is 9.81. The smallest absolute Gasteiger partial charge is 0.161 e. The van der Waals surface area contributed by atoms with Gasteiger partial charge in [0.1, 0.15) is 13.2 Å². The highest BCUT2D eigenvalue weighted by Crippen LogP contribution is 2.44. The molecule has 0 amide bonds. The first-order valence-electron chi connectivity index (χ1n) is 7.12. The Labute approximate surface area is 112 Å². The molecule has 0 aliphatic carbocycles. The highest BCUT2D eigenvalue weighted by molar-refractivity contribution is 5.44. The van der Waals surface area contributed by atoms with E-state index in [-0.39, 0.29) is 6.04 Å². The average Bonchev–Trinajstić information content (AvgIpc) is 3.08. The fourth-order valence-electron chi connectivity index (χ4n) is 3.57. The van der Waals surface area contributed by atoms with E-state index in [0.29, 0.717) is 31.3 Å². The summed E-state index contributed by atoms with van der Waals surface area (Å²) >= 11 is 0. The third-order valence-corrected chi connectivity index (χ3v) is 4.57. The van der Waals surface area contributed by atoms with E-state index in [1.165, 1.54) is 6.42 Å². The van der Waals surface area contributed by atoms with Crippen molar-refractivity contribution in [3.63, 3.8) is 0 Å². The first kappa shape index (κ1) is 11.6. The van der Waals surface area contributed by atoms with Crippen molar-refractivity contribution < 1.29 is 14.2 Å². The minimum absolute atomic E-state index is 0.0335. The monoisotopic (exact) mass is 261 g/mol. The van der Waals surface area contributed by atoms with Crippen LogP contribution in [0.1, 0.15) is 30.9 Å². The quantitative estimate of drug-likeness (QED) is 0.885. The van der Waals surface area contributed by atoms with E-state index < -0.39 is 0 Å². The van der Waals surface area contributed by atoms with Crippen molar-refractivity contribution >= 4 is 0 Å². The van der Waals surface area contributed by atoms with E-state index in [4.69, 9.17) is 19.9 Å². The normalized spacial score (nSPS) is 33.4. The molecule has 102 valence electrons. The number of hydrogen-bond acceptors (Lipinski definition) is 4. The van der Waals surface area contributed by atoms with E-state index >= 15 is 0 Å². The zero-order chi connectivity index (χ0) is 12.8. The summed E-state index contributed by atoms with van der Waals surface area (Å²) in [5.41, 5.74) is 7.57. The molecule has 2 saturated heterocycles. The van der Waals surface area contributed by atoms with Gasteiger partial charge in [-0.1, -0.05) is 6.07 Å². The standard InChI is InChI=1S/C15H19NO3/c16-15(11-8-10-2-4-12(11)19-10)9-1-3-13-14(7-9)18-6-5-17-13/h1,3,7,10-12,15H,2,4-6,8,16H2. The second kappa shape index (κ2) is 4.39. The molecule has 3 heterocycles. The van der Waals surface area contributed by atoms with E-state index in [9.17, 15) is 0 Å². The molecule has 4 rings (SSSR count). The van der Waals surface area contributed by atoms with Gasteiger partial charge in [-0.25, -0.2) is 0 Å². The van der Waals surface area contributed by atoms with Crippen molar-refractivity contribution in [2.75, 3.05) is 13.2 Å².